The molecule has 124 valence electrons. The minimum Gasteiger partial charge on any atom is -0.392 e. The summed E-state index contributed by atoms with van der Waals surface area (Å²) >= 11 is 0. The van der Waals surface area contributed by atoms with Crippen molar-refractivity contribution in [1.29, 1.82) is 0 Å². The van der Waals surface area contributed by atoms with E-state index in [2.05, 4.69) is 0 Å². The summed E-state index contributed by atoms with van der Waals surface area (Å²) < 4.78 is 54.6. The van der Waals surface area contributed by atoms with E-state index in [9.17, 15) is 26.9 Å². The van der Waals surface area contributed by atoms with E-state index in [0.29, 0.717) is 0 Å². The molecule has 1 aromatic rings. The van der Waals surface area contributed by atoms with Crippen LogP contribution in [0.25, 0.3) is 0 Å². The predicted octanol–water partition coefficient (Wildman–Crippen LogP) is -0.660. The van der Waals surface area contributed by atoms with Gasteiger partial charge >= 0.3 is 0 Å². The maximum absolute atomic E-state index is 12.3. The molecule has 10 nitrogen and oxygen atoms in total. The smallest absolute Gasteiger partial charge is 0.293 e. The Bertz CT molecular complexity index is 787. The first-order valence-corrected chi connectivity index (χ1v) is 9.19. The van der Waals surface area contributed by atoms with Gasteiger partial charge in [0.1, 0.15) is 10.6 Å². The quantitative estimate of drug-likeness (QED) is 0.248. The van der Waals surface area contributed by atoms with E-state index in [-0.39, 0.29) is 18.5 Å². The van der Waals surface area contributed by atoms with Gasteiger partial charge in [-0.3, -0.25) is 14.7 Å². The summed E-state index contributed by atoms with van der Waals surface area (Å²) in [6, 6.07) is 2.27. The molecule has 0 aliphatic carbocycles. The summed E-state index contributed by atoms with van der Waals surface area (Å²) in [7, 11) is -8.77. The third-order valence-electron chi connectivity index (χ3n) is 2.79. The molecule has 12 heteroatoms. The Morgan fingerprint density at radius 2 is 1.77 bits per heavy atom. The van der Waals surface area contributed by atoms with Gasteiger partial charge in [-0.05, 0) is 18.5 Å². The zero-order valence-corrected chi connectivity index (χ0v) is 12.9. The lowest BCUT2D eigenvalue weighted by Gasteiger charge is -2.12. The van der Waals surface area contributed by atoms with Gasteiger partial charge in [0.25, 0.3) is 15.8 Å². The van der Waals surface area contributed by atoms with E-state index in [1.165, 1.54) is 6.07 Å². The maximum Gasteiger partial charge on any atom is 0.293 e. The summed E-state index contributed by atoms with van der Waals surface area (Å²) in [5.74, 6) is -1.99. The summed E-state index contributed by atoms with van der Waals surface area (Å²) in [6.07, 6.45) is 0.0859. The number of rotatable bonds is 7. The highest BCUT2D eigenvalue weighted by atomic mass is 32.2. The fourth-order valence-corrected chi connectivity index (χ4v) is 4.76. The third-order valence-corrected chi connectivity index (χ3v) is 5.61. The largest absolute Gasteiger partial charge is 0.392 e. The van der Waals surface area contributed by atoms with Crippen LogP contribution in [0.1, 0.15) is 5.56 Å². The molecule has 0 aliphatic rings. The Kier molecular flexibility index (Phi) is 5.45. The van der Waals surface area contributed by atoms with Crippen molar-refractivity contribution in [1.82, 2.24) is 0 Å². The van der Waals surface area contributed by atoms with E-state index in [1.54, 1.807) is 0 Å². The molecule has 1 aromatic carbocycles. The summed E-state index contributed by atoms with van der Waals surface area (Å²) in [4.78, 5) is 9.50. The van der Waals surface area contributed by atoms with Crippen molar-refractivity contribution < 1.29 is 26.3 Å². The Morgan fingerprint density at radius 3 is 2.23 bits per heavy atom. The first-order chi connectivity index (χ1) is 9.99. The highest BCUT2D eigenvalue weighted by Gasteiger charge is 2.28. The first kappa shape index (κ1) is 18.3. The van der Waals surface area contributed by atoms with Gasteiger partial charge in [0, 0.05) is 6.07 Å². The van der Waals surface area contributed by atoms with Crippen LogP contribution in [0.2, 0.25) is 0 Å². The van der Waals surface area contributed by atoms with Gasteiger partial charge in [-0.1, -0.05) is 6.07 Å². The molecule has 0 atom stereocenters. The molecule has 0 radical (unpaired) electrons. The number of nitrogens with zero attached hydrogens (tertiary/aromatic N) is 1. The number of nitro groups is 1. The molecule has 0 unspecified atom stereocenters. The van der Waals surface area contributed by atoms with Crippen LogP contribution in [0.15, 0.2) is 17.0 Å². The second-order valence-electron chi connectivity index (χ2n) is 4.39. The van der Waals surface area contributed by atoms with Crippen LogP contribution in [0.3, 0.4) is 0 Å². The van der Waals surface area contributed by atoms with Gasteiger partial charge in [-0.25, -0.2) is 8.42 Å². The summed E-state index contributed by atoms with van der Waals surface area (Å²) in [5.41, 5.74) is 9.90. The highest BCUT2D eigenvalue weighted by molar-refractivity contribution is 7.93. The third kappa shape index (κ3) is 4.37. The number of hydrogen-bond acceptors (Lipinski definition) is 8. The van der Waals surface area contributed by atoms with E-state index in [4.69, 9.17) is 16.0 Å². The van der Waals surface area contributed by atoms with Gasteiger partial charge in [0.2, 0.25) is 0 Å². The van der Waals surface area contributed by atoms with Crippen molar-refractivity contribution in [2.75, 3.05) is 23.8 Å². The van der Waals surface area contributed by atoms with Gasteiger partial charge in [-0.15, -0.1) is 0 Å². The summed E-state index contributed by atoms with van der Waals surface area (Å²) in [5, 5.41) is 10.9. The normalized spacial score (nSPS) is 12.3. The van der Waals surface area contributed by atoms with Crippen molar-refractivity contribution in [3.05, 3.63) is 27.8 Å². The van der Waals surface area contributed by atoms with Crippen LogP contribution in [0, 0.1) is 10.1 Å². The molecular formula is C10H15N3O7S2. The lowest BCUT2D eigenvalue weighted by molar-refractivity contribution is -0.384. The first-order valence-electron chi connectivity index (χ1n) is 5.93. The van der Waals surface area contributed by atoms with Crippen molar-refractivity contribution in [3.63, 3.8) is 0 Å². The molecule has 0 fully saturated rings. The van der Waals surface area contributed by atoms with E-state index >= 15 is 0 Å². The number of nitro benzene ring substituents is 1. The topological polar surface area (TPSA) is 184 Å². The molecular weight excluding hydrogens is 338 g/mol. The van der Waals surface area contributed by atoms with Crippen molar-refractivity contribution in [2.45, 2.75) is 11.3 Å². The zero-order chi connectivity index (χ0) is 17.1. The number of nitrogens with two attached hydrogens (primary N) is 2. The second-order valence-corrected chi connectivity index (χ2v) is 8.01. The van der Waals surface area contributed by atoms with Gasteiger partial charge in [0.15, 0.2) is 9.84 Å². The van der Waals surface area contributed by atoms with Crippen LogP contribution in [-0.4, -0.2) is 44.4 Å². The fraction of sp³-hybridized carbons (Fsp3) is 0.400. The molecule has 22 heavy (non-hydrogen) atoms. The molecule has 0 saturated heterocycles. The Hall–Kier alpha value is -1.76. The standard InChI is InChI=1S/C10H15N3O7S2/c11-4-3-7-1-2-8(13(14)15)9(12)10(7)21(16,17)5-6-22(18,19)20/h1-2H,3-6,11-12H2,(H,18,19,20). The molecule has 0 spiro atoms. The SMILES string of the molecule is NCCc1ccc([N+](=O)[O-])c(N)c1S(=O)(=O)CCS(=O)(=O)O. The van der Waals surface area contributed by atoms with Crippen LogP contribution in [-0.2, 0) is 26.4 Å². The fourth-order valence-electron chi connectivity index (χ4n) is 1.83. The average molecular weight is 353 g/mol. The predicted molar refractivity (Wildman–Crippen MR) is 78.7 cm³/mol. The minimum absolute atomic E-state index is 0.0675. The molecule has 0 amide bonds. The number of benzene rings is 1. The Labute approximate surface area is 126 Å². The molecule has 5 N–H and O–H groups in total. The zero-order valence-electron chi connectivity index (χ0n) is 11.3. The van der Waals surface area contributed by atoms with Gasteiger partial charge in [-0.2, -0.15) is 8.42 Å². The number of nitrogen functional groups attached to an aromatic ring is 1. The molecule has 1 rings (SSSR count). The van der Waals surface area contributed by atoms with Gasteiger partial charge in [0.05, 0.1) is 16.4 Å². The van der Waals surface area contributed by atoms with Crippen molar-refractivity contribution >= 4 is 31.3 Å². The Balaban J connectivity index is 3.47. The summed E-state index contributed by atoms with van der Waals surface area (Å²) in [6.45, 7) is 0.0675. The monoisotopic (exact) mass is 353 g/mol. The van der Waals surface area contributed by atoms with E-state index in [1.807, 2.05) is 0 Å². The number of sulfone groups is 1. The van der Waals surface area contributed by atoms with Crippen LogP contribution < -0.4 is 11.5 Å². The maximum atomic E-state index is 12.3. The lowest BCUT2D eigenvalue weighted by atomic mass is 10.1. The minimum atomic E-state index is -4.51. The van der Waals surface area contributed by atoms with Crippen molar-refractivity contribution in [3.8, 4) is 0 Å². The van der Waals surface area contributed by atoms with E-state index in [0.717, 1.165) is 6.07 Å². The molecule has 0 bridgehead atoms. The Morgan fingerprint density at radius 1 is 1.18 bits per heavy atom. The molecule has 0 aliphatic heterocycles. The van der Waals surface area contributed by atoms with Crippen LogP contribution >= 0.6 is 0 Å². The molecule has 0 heterocycles. The molecule has 0 saturated carbocycles. The average Bonchev–Trinajstić information content (AvgIpc) is 2.35. The number of hydrogen-bond donors (Lipinski definition) is 3. The second kappa shape index (κ2) is 6.56. The van der Waals surface area contributed by atoms with E-state index < -0.39 is 52.7 Å². The molecule has 0 aromatic heterocycles. The van der Waals surface area contributed by atoms with Gasteiger partial charge < -0.3 is 11.5 Å². The van der Waals surface area contributed by atoms with Crippen molar-refractivity contribution in [2.24, 2.45) is 5.73 Å². The van der Waals surface area contributed by atoms with Crippen LogP contribution in [0.5, 0.6) is 0 Å². The number of anilines is 1. The van der Waals surface area contributed by atoms with Crippen LogP contribution in [0.4, 0.5) is 11.4 Å². The highest BCUT2D eigenvalue weighted by Crippen LogP contribution is 2.32. The lowest BCUT2D eigenvalue weighted by Crippen LogP contribution is -2.20.